The quantitative estimate of drug-likeness (QED) is 0.651. The van der Waals surface area contributed by atoms with Gasteiger partial charge in [0.1, 0.15) is 6.04 Å². The molecule has 0 heterocycles. The molecule has 7 heteroatoms. The van der Waals surface area contributed by atoms with E-state index in [4.69, 9.17) is 0 Å². The number of carbonyl (C=O) groups is 1. The van der Waals surface area contributed by atoms with Crippen molar-refractivity contribution in [1.29, 1.82) is 0 Å². The maximum absolute atomic E-state index is 12.8. The Kier molecular flexibility index (Phi) is 6.45. The van der Waals surface area contributed by atoms with Crippen LogP contribution in [0.2, 0.25) is 0 Å². The van der Waals surface area contributed by atoms with Gasteiger partial charge in [-0.2, -0.15) is 0 Å². The third-order valence-electron chi connectivity index (χ3n) is 3.79. The van der Waals surface area contributed by atoms with Crippen LogP contribution < -0.4 is 9.62 Å². The van der Waals surface area contributed by atoms with Crippen molar-refractivity contribution >= 4 is 49.9 Å². The van der Waals surface area contributed by atoms with Gasteiger partial charge >= 0.3 is 0 Å². The van der Waals surface area contributed by atoms with Crippen molar-refractivity contribution in [3.05, 3.63) is 57.7 Å². The van der Waals surface area contributed by atoms with Crippen molar-refractivity contribution in [2.45, 2.75) is 26.3 Å². The lowest BCUT2D eigenvalue weighted by Gasteiger charge is -2.30. The van der Waals surface area contributed by atoms with Gasteiger partial charge in [-0.05, 0) is 71.8 Å². The molecule has 1 unspecified atom stereocenters. The van der Waals surface area contributed by atoms with Gasteiger partial charge in [-0.15, -0.1) is 0 Å². The molecule has 0 aromatic heterocycles. The van der Waals surface area contributed by atoms with E-state index >= 15 is 0 Å². The Hall–Kier alpha value is -1.61. The smallest absolute Gasteiger partial charge is 0.248 e. The topological polar surface area (TPSA) is 66.5 Å². The van der Waals surface area contributed by atoms with Crippen LogP contribution in [0.4, 0.5) is 11.4 Å². The third-order valence-corrected chi connectivity index (χ3v) is 5.64. The molecule has 0 spiro atoms. The summed E-state index contributed by atoms with van der Waals surface area (Å²) >= 11 is 2.21. The SMILES string of the molecule is CCC(C(=O)Nc1ccc(I)cc1C)N(c1ccccc1)S(C)(=O)=O. The molecule has 1 N–H and O–H groups in total. The standard InChI is InChI=1S/C18H21IN2O3S/c1-4-17(18(22)20-16-11-10-14(19)12-13(16)2)21(25(3,23)24)15-8-6-5-7-9-15/h5-12,17H,4H2,1-3H3,(H,20,22). The number of hydrogen-bond acceptors (Lipinski definition) is 3. The molecule has 0 radical (unpaired) electrons. The number of hydrogen-bond donors (Lipinski definition) is 1. The number of anilines is 2. The molecule has 5 nitrogen and oxygen atoms in total. The third kappa shape index (κ3) is 4.94. The van der Waals surface area contributed by atoms with Gasteiger partial charge in [-0.25, -0.2) is 8.42 Å². The minimum absolute atomic E-state index is 0.346. The highest BCUT2D eigenvalue weighted by Gasteiger charge is 2.31. The average Bonchev–Trinajstić information content (AvgIpc) is 2.54. The fourth-order valence-electron chi connectivity index (χ4n) is 2.62. The lowest BCUT2D eigenvalue weighted by atomic mass is 10.1. The summed E-state index contributed by atoms with van der Waals surface area (Å²) < 4.78 is 26.9. The van der Waals surface area contributed by atoms with E-state index < -0.39 is 16.1 Å². The summed E-state index contributed by atoms with van der Waals surface area (Å²) in [5, 5.41) is 2.86. The molecule has 2 rings (SSSR count). The summed E-state index contributed by atoms with van der Waals surface area (Å²) in [6.07, 6.45) is 1.48. The second kappa shape index (κ2) is 8.18. The molecular formula is C18H21IN2O3S. The molecular weight excluding hydrogens is 451 g/mol. The zero-order chi connectivity index (χ0) is 18.6. The van der Waals surface area contributed by atoms with Crippen molar-refractivity contribution in [2.24, 2.45) is 0 Å². The van der Waals surface area contributed by atoms with Gasteiger partial charge in [-0.1, -0.05) is 25.1 Å². The van der Waals surface area contributed by atoms with Gasteiger partial charge in [0.15, 0.2) is 0 Å². The maximum Gasteiger partial charge on any atom is 0.248 e. The van der Waals surface area contributed by atoms with Crippen LogP contribution in [0.5, 0.6) is 0 Å². The fraction of sp³-hybridized carbons (Fsp3) is 0.278. The number of aryl methyl sites for hydroxylation is 1. The van der Waals surface area contributed by atoms with Crippen molar-refractivity contribution in [2.75, 3.05) is 15.9 Å². The first-order valence-corrected chi connectivity index (χ1v) is 10.8. The second-order valence-electron chi connectivity index (χ2n) is 5.77. The summed E-state index contributed by atoms with van der Waals surface area (Å²) in [6.45, 7) is 3.70. The second-order valence-corrected chi connectivity index (χ2v) is 8.87. The number of rotatable bonds is 6. The molecule has 134 valence electrons. The minimum Gasteiger partial charge on any atom is -0.324 e. The van der Waals surface area contributed by atoms with Crippen LogP contribution in [0.1, 0.15) is 18.9 Å². The van der Waals surface area contributed by atoms with Crippen LogP contribution >= 0.6 is 22.6 Å². The molecule has 0 saturated carbocycles. The van der Waals surface area contributed by atoms with E-state index in [0.29, 0.717) is 17.8 Å². The number of halogens is 1. The van der Waals surface area contributed by atoms with Crippen LogP contribution in [0.15, 0.2) is 48.5 Å². The normalized spacial score (nSPS) is 12.5. The summed E-state index contributed by atoms with van der Waals surface area (Å²) in [7, 11) is -3.61. The van der Waals surface area contributed by atoms with Gasteiger partial charge < -0.3 is 5.32 Å². The zero-order valence-electron chi connectivity index (χ0n) is 14.4. The van der Waals surface area contributed by atoms with Gasteiger partial charge in [-0.3, -0.25) is 9.10 Å². The van der Waals surface area contributed by atoms with Crippen molar-refractivity contribution in [3.8, 4) is 0 Å². The van der Waals surface area contributed by atoms with Crippen LogP contribution in [0.25, 0.3) is 0 Å². The zero-order valence-corrected chi connectivity index (χ0v) is 17.3. The first kappa shape index (κ1) is 19.7. The lowest BCUT2D eigenvalue weighted by molar-refractivity contribution is -0.117. The van der Waals surface area contributed by atoms with Gasteiger partial charge in [0.25, 0.3) is 0 Å². The van der Waals surface area contributed by atoms with E-state index in [1.807, 2.05) is 25.1 Å². The van der Waals surface area contributed by atoms with Crippen molar-refractivity contribution in [1.82, 2.24) is 0 Å². The number of carbonyl (C=O) groups excluding carboxylic acids is 1. The molecule has 0 aliphatic rings. The molecule has 2 aromatic carbocycles. The molecule has 0 aliphatic heterocycles. The predicted octanol–water partition coefficient (Wildman–Crippen LogP) is 3.78. The Bertz CT molecular complexity index is 854. The minimum atomic E-state index is -3.61. The largest absolute Gasteiger partial charge is 0.324 e. The maximum atomic E-state index is 12.8. The Labute approximate surface area is 162 Å². The van der Waals surface area contributed by atoms with E-state index in [1.165, 1.54) is 4.31 Å². The highest BCUT2D eigenvalue weighted by Crippen LogP contribution is 2.24. The van der Waals surface area contributed by atoms with E-state index in [1.54, 1.807) is 37.3 Å². The van der Waals surface area contributed by atoms with Crippen LogP contribution in [-0.2, 0) is 14.8 Å². The predicted molar refractivity (Wildman–Crippen MR) is 110 cm³/mol. The van der Waals surface area contributed by atoms with E-state index in [2.05, 4.69) is 27.9 Å². The molecule has 0 saturated heterocycles. The molecule has 2 aromatic rings. The molecule has 0 aliphatic carbocycles. The highest BCUT2D eigenvalue weighted by molar-refractivity contribution is 14.1. The monoisotopic (exact) mass is 472 g/mol. The molecule has 25 heavy (non-hydrogen) atoms. The molecule has 0 bridgehead atoms. The van der Waals surface area contributed by atoms with Crippen LogP contribution in [0.3, 0.4) is 0 Å². The number of benzene rings is 2. The highest BCUT2D eigenvalue weighted by atomic mass is 127. The number of amides is 1. The van der Waals surface area contributed by atoms with E-state index in [9.17, 15) is 13.2 Å². The van der Waals surface area contributed by atoms with Crippen LogP contribution in [0, 0.1) is 10.5 Å². The summed E-state index contributed by atoms with van der Waals surface area (Å²) in [5.74, 6) is -0.346. The molecule has 0 fully saturated rings. The summed E-state index contributed by atoms with van der Waals surface area (Å²) in [6, 6.07) is 13.5. The Morgan fingerprint density at radius 1 is 1.20 bits per heavy atom. The fourth-order valence-corrected chi connectivity index (χ4v) is 4.48. The first-order chi connectivity index (χ1) is 11.7. The Balaban J connectivity index is 2.36. The van der Waals surface area contributed by atoms with Gasteiger partial charge in [0.05, 0.1) is 11.9 Å². The summed E-state index contributed by atoms with van der Waals surface area (Å²) in [5.41, 5.74) is 2.09. The summed E-state index contributed by atoms with van der Waals surface area (Å²) in [4.78, 5) is 12.8. The number of sulfonamides is 1. The average molecular weight is 472 g/mol. The van der Waals surface area contributed by atoms with Gasteiger partial charge in [0.2, 0.25) is 15.9 Å². The number of para-hydroxylation sites is 1. The first-order valence-electron chi connectivity index (χ1n) is 7.85. The number of nitrogens with zero attached hydrogens (tertiary/aromatic N) is 1. The van der Waals surface area contributed by atoms with Crippen LogP contribution in [-0.4, -0.2) is 26.6 Å². The Morgan fingerprint density at radius 2 is 1.84 bits per heavy atom. The molecule has 1 atom stereocenters. The molecule has 1 amide bonds. The Morgan fingerprint density at radius 3 is 2.36 bits per heavy atom. The van der Waals surface area contributed by atoms with Crippen molar-refractivity contribution in [3.63, 3.8) is 0 Å². The van der Waals surface area contributed by atoms with E-state index in [0.717, 1.165) is 15.4 Å². The lowest BCUT2D eigenvalue weighted by Crippen LogP contribution is -2.47. The number of nitrogens with one attached hydrogen (secondary N) is 1. The van der Waals surface area contributed by atoms with E-state index in [-0.39, 0.29) is 5.91 Å². The van der Waals surface area contributed by atoms with Crippen molar-refractivity contribution < 1.29 is 13.2 Å². The van der Waals surface area contributed by atoms with Gasteiger partial charge in [0, 0.05) is 9.26 Å².